The van der Waals surface area contributed by atoms with E-state index in [0.29, 0.717) is 5.56 Å². The van der Waals surface area contributed by atoms with E-state index >= 15 is 0 Å². The lowest BCUT2D eigenvalue weighted by atomic mass is 9.53. The minimum absolute atomic E-state index is 0.329. The number of carbonyl (C=O) groups is 3. The summed E-state index contributed by atoms with van der Waals surface area (Å²) >= 11 is 0.971. The lowest BCUT2D eigenvalue weighted by molar-refractivity contribution is -0.134. The molecule has 5 rings (SSSR count). The smallest absolute Gasteiger partial charge is 0.257 e. The molecule has 0 aromatic heterocycles. The van der Waals surface area contributed by atoms with Crippen LogP contribution in [0.5, 0.6) is 0 Å². The molecule has 1 aliphatic carbocycles. The first-order chi connectivity index (χ1) is 14.1. The molecule has 0 spiro atoms. The van der Waals surface area contributed by atoms with Crippen molar-refractivity contribution in [1.82, 2.24) is 0 Å². The van der Waals surface area contributed by atoms with Crippen LogP contribution < -0.4 is 0 Å². The highest BCUT2D eigenvalue weighted by Gasteiger charge is 2.75. The molecule has 3 nitrogen and oxygen atoms in total. The Bertz CT molecular complexity index is 1170. The predicted octanol–water partition coefficient (Wildman–Crippen LogP) is 4.69. The van der Waals surface area contributed by atoms with Gasteiger partial charge < -0.3 is 0 Å². The number of carbonyl (C=O) groups excluding carboxylic acids is 3. The molecule has 1 saturated heterocycles. The lowest BCUT2D eigenvalue weighted by Gasteiger charge is -2.50. The number of rotatable bonds is 4. The predicted molar refractivity (Wildman–Crippen MR) is 113 cm³/mol. The van der Waals surface area contributed by atoms with E-state index in [2.05, 4.69) is 0 Å². The minimum atomic E-state index is -1.53. The second-order valence-corrected chi connectivity index (χ2v) is 8.38. The highest BCUT2D eigenvalue weighted by molar-refractivity contribution is 8.17. The molecule has 1 fully saturated rings. The number of hydrogen-bond donors (Lipinski definition) is 0. The van der Waals surface area contributed by atoms with Gasteiger partial charge in [0.15, 0.2) is 5.78 Å². The quantitative estimate of drug-likeness (QED) is 0.365. The van der Waals surface area contributed by atoms with Crippen LogP contribution in [0, 0.1) is 5.41 Å². The molecule has 4 heteroatoms. The second kappa shape index (κ2) is 6.39. The largest absolute Gasteiger partial charge is 0.293 e. The van der Waals surface area contributed by atoms with Gasteiger partial charge in [-0.3, -0.25) is 14.4 Å². The first-order valence-electron chi connectivity index (χ1n) is 9.33. The normalized spacial score (nSPS) is 25.2. The molecule has 3 aromatic carbocycles. The molecule has 140 valence electrons. The van der Waals surface area contributed by atoms with Gasteiger partial charge in [-0.1, -0.05) is 109 Å². The highest BCUT2D eigenvalue weighted by Crippen LogP contribution is 2.71. The Labute approximate surface area is 172 Å². The molecular formula is C25H16O3S. The molecule has 0 amide bonds. The number of benzene rings is 3. The van der Waals surface area contributed by atoms with Gasteiger partial charge in [-0.2, -0.15) is 0 Å². The van der Waals surface area contributed by atoms with E-state index in [4.69, 9.17) is 0 Å². The van der Waals surface area contributed by atoms with Crippen molar-refractivity contribution in [3.63, 3.8) is 0 Å². The molecule has 1 aliphatic heterocycles. The number of thioether (sulfide) groups is 1. The van der Waals surface area contributed by atoms with Crippen molar-refractivity contribution in [2.24, 2.45) is 5.41 Å². The van der Waals surface area contributed by atoms with Crippen molar-refractivity contribution in [1.29, 1.82) is 0 Å². The van der Waals surface area contributed by atoms with Crippen LogP contribution in [0.15, 0.2) is 97.1 Å². The highest BCUT2D eigenvalue weighted by atomic mass is 32.2. The van der Waals surface area contributed by atoms with E-state index in [1.165, 1.54) is 0 Å². The lowest BCUT2D eigenvalue weighted by Crippen LogP contribution is -2.56. The second-order valence-electron chi connectivity index (χ2n) is 7.19. The van der Waals surface area contributed by atoms with Crippen LogP contribution in [0.4, 0.5) is 0 Å². The summed E-state index contributed by atoms with van der Waals surface area (Å²) in [6.07, 6.45) is 1.71. The van der Waals surface area contributed by atoms with Gasteiger partial charge >= 0.3 is 0 Å². The fraction of sp³-hybridized carbons (Fsp3) is 0.0800. The summed E-state index contributed by atoms with van der Waals surface area (Å²) in [6.45, 7) is 0. The zero-order valence-corrected chi connectivity index (χ0v) is 16.2. The number of hydrogen-bond acceptors (Lipinski definition) is 4. The maximum atomic E-state index is 13.7. The van der Waals surface area contributed by atoms with Gasteiger partial charge in [0.25, 0.3) is 5.12 Å². The number of allylic oxidation sites excluding steroid dienone is 1. The Balaban J connectivity index is 1.81. The third kappa shape index (κ3) is 2.23. The summed E-state index contributed by atoms with van der Waals surface area (Å²) in [7, 11) is 0. The molecule has 0 N–H and O–H groups in total. The van der Waals surface area contributed by atoms with Crippen LogP contribution in [-0.4, -0.2) is 16.7 Å². The summed E-state index contributed by atoms with van der Waals surface area (Å²) in [5.74, 6) is -0.968. The van der Waals surface area contributed by atoms with Gasteiger partial charge in [-0.05, 0) is 16.7 Å². The number of fused-ring (bicyclic) bond motifs is 1. The summed E-state index contributed by atoms with van der Waals surface area (Å²) < 4.78 is -1.06. The summed E-state index contributed by atoms with van der Waals surface area (Å²) in [4.78, 5) is 39.7. The van der Waals surface area contributed by atoms with Crippen LogP contribution in [-0.2, 0) is 14.3 Å². The average molecular weight is 396 g/mol. The molecule has 2 atom stereocenters. The van der Waals surface area contributed by atoms with Crippen LogP contribution in [0.1, 0.15) is 21.5 Å². The minimum Gasteiger partial charge on any atom is -0.293 e. The topological polar surface area (TPSA) is 51.2 Å². The Morgan fingerprint density at radius 1 is 0.724 bits per heavy atom. The van der Waals surface area contributed by atoms with Gasteiger partial charge in [-0.25, -0.2) is 0 Å². The van der Waals surface area contributed by atoms with Crippen molar-refractivity contribution >= 4 is 34.0 Å². The van der Waals surface area contributed by atoms with Crippen molar-refractivity contribution in [2.45, 2.75) is 4.75 Å². The first-order valence-corrected chi connectivity index (χ1v) is 10.1. The molecule has 0 saturated carbocycles. The first kappa shape index (κ1) is 17.8. The van der Waals surface area contributed by atoms with E-state index in [-0.39, 0.29) is 5.78 Å². The van der Waals surface area contributed by atoms with Gasteiger partial charge in [0, 0.05) is 5.56 Å². The average Bonchev–Trinajstić information content (AvgIpc) is 2.94. The Hall–Kier alpha value is -3.24. The van der Waals surface area contributed by atoms with Gasteiger partial charge in [0.1, 0.15) is 5.41 Å². The number of ketones is 2. The standard InChI is InChI=1S/C25H16O3S/c26-21(18-12-6-2-7-13-18)24-16-20(17-10-4-1-5-11-17)25(24,29-23(28)22(24)27)19-14-8-3-9-15-19/h1-16H/t24-,25+/m0/s1. The fourth-order valence-electron chi connectivity index (χ4n) is 4.43. The van der Waals surface area contributed by atoms with E-state index in [9.17, 15) is 14.4 Å². The zero-order chi connectivity index (χ0) is 20.1. The summed E-state index contributed by atoms with van der Waals surface area (Å²) in [5.41, 5.74) is 1.43. The SMILES string of the molecule is O=C1S[C@]2(c3ccccc3)C(c3ccccc3)=C[C@]2(C(=O)c2ccccc2)C1=O. The molecule has 0 radical (unpaired) electrons. The van der Waals surface area contributed by atoms with E-state index in [0.717, 1.165) is 28.5 Å². The third-order valence-corrected chi connectivity index (χ3v) is 7.20. The van der Waals surface area contributed by atoms with Crippen LogP contribution in [0.25, 0.3) is 5.57 Å². The molecule has 2 aliphatic rings. The van der Waals surface area contributed by atoms with Crippen LogP contribution in [0.3, 0.4) is 0 Å². The maximum Gasteiger partial charge on any atom is 0.257 e. The summed E-state index contributed by atoms with van der Waals surface area (Å²) in [6, 6.07) is 27.8. The maximum absolute atomic E-state index is 13.7. The van der Waals surface area contributed by atoms with Crippen LogP contribution in [0.2, 0.25) is 0 Å². The zero-order valence-electron chi connectivity index (χ0n) is 15.4. The van der Waals surface area contributed by atoms with Gasteiger partial charge in [0.05, 0.1) is 4.75 Å². The van der Waals surface area contributed by atoms with Crippen molar-refractivity contribution in [2.75, 3.05) is 0 Å². The van der Waals surface area contributed by atoms with Crippen molar-refractivity contribution in [3.05, 3.63) is 114 Å². The molecule has 0 unspecified atom stereocenters. The van der Waals surface area contributed by atoms with Gasteiger partial charge in [-0.15, -0.1) is 0 Å². The Morgan fingerprint density at radius 3 is 1.90 bits per heavy atom. The Kier molecular flexibility index (Phi) is 3.93. The monoisotopic (exact) mass is 396 g/mol. The van der Waals surface area contributed by atoms with E-state index in [1.54, 1.807) is 30.3 Å². The molecular weight excluding hydrogens is 380 g/mol. The van der Waals surface area contributed by atoms with Crippen molar-refractivity contribution < 1.29 is 14.4 Å². The Morgan fingerprint density at radius 2 is 1.28 bits per heavy atom. The molecule has 3 aromatic rings. The fourth-order valence-corrected chi connectivity index (χ4v) is 5.90. The summed E-state index contributed by atoms with van der Waals surface area (Å²) in [5, 5.41) is -0.569. The molecule has 0 bridgehead atoms. The van der Waals surface area contributed by atoms with Crippen molar-refractivity contribution in [3.8, 4) is 0 Å². The van der Waals surface area contributed by atoms with Crippen LogP contribution >= 0.6 is 11.8 Å². The molecule has 29 heavy (non-hydrogen) atoms. The molecule has 1 heterocycles. The van der Waals surface area contributed by atoms with E-state index < -0.39 is 21.1 Å². The third-order valence-electron chi connectivity index (χ3n) is 5.74. The van der Waals surface area contributed by atoms with Gasteiger partial charge in [0.2, 0.25) is 5.78 Å². The number of Topliss-reactive ketones (excluding diaryl/α,β-unsaturated/α-hetero) is 2. The van der Waals surface area contributed by atoms with E-state index in [1.807, 2.05) is 66.7 Å².